The molecule has 1 aliphatic heterocycles. The zero-order chi connectivity index (χ0) is 11.6. The number of hydrogen-bond acceptors (Lipinski definition) is 1. The highest BCUT2D eigenvalue weighted by Gasteiger charge is 2.39. The van der Waals surface area contributed by atoms with E-state index in [2.05, 4.69) is 43.4 Å². The van der Waals surface area contributed by atoms with Crippen LogP contribution in [-0.2, 0) is 0 Å². The summed E-state index contributed by atoms with van der Waals surface area (Å²) < 4.78 is 0. The maximum Gasteiger partial charge on any atom is 0.148 e. The SMILES string of the molecule is C[Si](C)(c1ccccc1)C1CCCC[NH+]1[O-]. The van der Waals surface area contributed by atoms with Crippen molar-refractivity contribution in [3.8, 4) is 0 Å². The topological polar surface area (TPSA) is 27.5 Å². The Morgan fingerprint density at radius 1 is 1.19 bits per heavy atom. The molecule has 16 heavy (non-hydrogen) atoms. The second-order valence-corrected chi connectivity index (χ2v) is 10.1. The van der Waals surface area contributed by atoms with E-state index in [1.165, 1.54) is 11.6 Å². The number of rotatable bonds is 2. The van der Waals surface area contributed by atoms with Gasteiger partial charge in [0.15, 0.2) is 0 Å². The summed E-state index contributed by atoms with van der Waals surface area (Å²) in [5.41, 5.74) is 0.351. The second-order valence-electron chi connectivity index (χ2n) is 5.35. The van der Waals surface area contributed by atoms with Crippen LogP contribution < -0.4 is 10.2 Å². The fraction of sp³-hybridized carbons (Fsp3) is 0.538. The van der Waals surface area contributed by atoms with Crippen molar-refractivity contribution in [3.63, 3.8) is 0 Å². The average Bonchev–Trinajstić information content (AvgIpc) is 2.30. The molecule has 0 aliphatic carbocycles. The lowest BCUT2D eigenvalue weighted by atomic mass is 10.2. The summed E-state index contributed by atoms with van der Waals surface area (Å²) in [4.78, 5) is 0. The van der Waals surface area contributed by atoms with Gasteiger partial charge in [0.05, 0.1) is 12.2 Å². The molecule has 0 saturated carbocycles. The predicted molar refractivity (Wildman–Crippen MR) is 70.4 cm³/mol. The lowest BCUT2D eigenvalue weighted by Crippen LogP contribution is -3.15. The van der Waals surface area contributed by atoms with Gasteiger partial charge in [-0.05, 0) is 19.3 Å². The summed E-state index contributed by atoms with van der Waals surface area (Å²) in [7, 11) is -1.59. The van der Waals surface area contributed by atoms with E-state index in [4.69, 9.17) is 0 Å². The molecule has 1 heterocycles. The molecule has 1 saturated heterocycles. The van der Waals surface area contributed by atoms with E-state index in [-0.39, 0.29) is 0 Å². The molecule has 0 radical (unpaired) electrons. The zero-order valence-electron chi connectivity index (χ0n) is 10.2. The summed E-state index contributed by atoms with van der Waals surface area (Å²) in [6, 6.07) is 10.6. The molecule has 1 aromatic carbocycles. The molecule has 0 bridgehead atoms. The van der Waals surface area contributed by atoms with Crippen molar-refractivity contribution in [3.05, 3.63) is 35.5 Å². The van der Waals surface area contributed by atoms with E-state index < -0.39 is 8.07 Å². The molecule has 2 rings (SSSR count). The summed E-state index contributed by atoms with van der Waals surface area (Å²) in [6.45, 7) is 5.50. The third-order valence-electron chi connectivity index (χ3n) is 3.94. The van der Waals surface area contributed by atoms with Crippen LogP contribution in [0.3, 0.4) is 0 Å². The third-order valence-corrected chi connectivity index (χ3v) is 8.12. The van der Waals surface area contributed by atoms with Crippen LogP contribution in [0.1, 0.15) is 19.3 Å². The fourth-order valence-electron chi connectivity index (χ4n) is 2.82. The van der Waals surface area contributed by atoms with Gasteiger partial charge in [-0.1, -0.05) is 48.6 Å². The van der Waals surface area contributed by atoms with Gasteiger partial charge in [-0.25, -0.2) is 0 Å². The zero-order valence-corrected chi connectivity index (χ0v) is 11.2. The Bertz CT molecular complexity index is 339. The molecule has 0 amide bonds. The van der Waals surface area contributed by atoms with Crippen LogP contribution in [0.5, 0.6) is 0 Å². The van der Waals surface area contributed by atoms with Crippen LogP contribution in [-0.4, -0.2) is 20.3 Å². The first-order valence-corrected chi connectivity index (χ1v) is 9.28. The largest absolute Gasteiger partial charge is 0.634 e. The van der Waals surface area contributed by atoms with Gasteiger partial charge in [0.2, 0.25) is 0 Å². The number of quaternary nitrogens is 1. The molecular weight excluding hydrogens is 214 g/mol. The lowest BCUT2D eigenvalue weighted by Gasteiger charge is -2.43. The monoisotopic (exact) mass is 235 g/mol. The molecule has 1 aliphatic rings. The first-order valence-electron chi connectivity index (χ1n) is 6.20. The maximum atomic E-state index is 12.0. The summed E-state index contributed by atoms with van der Waals surface area (Å²) in [6.07, 6.45) is 3.46. The second kappa shape index (κ2) is 4.70. The molecule has 88 valence electrons. The highest BCUT2D eigenvalue weighted by Crippen LogP contribution is 2.15. The van der Waals surface area contributed by atoms with Crippen molar-refractivity contribution in [2.45, 2.75) is 38.0 Å². The Labute approximate surface area is 98.9 Å². The fourth-order valence-corrected chi connectivity index (χ4v) is 6.14. The number of hydrogen-bond donors (Lipinski definition) is 1. The molecule has 1 fully saturated rings. The van der Waals surface area contributed by atoms with Gasteiger partial charge in [0, 0.05) is 0 Å². The van der Waals surface area contributed by atoms with Crippen LogP contribution in [0.2, 0.25) is 13.1 Å². The Morgan fingerprint density at radius 2 is 1.88 bits per heavy atom. The van der Waals surface area contributed by atoms with Crippen molar-refractivity contribution < 1.29 is 5.06 Å². The van der Waals surface area contributed by atoms with E-state index in [0.29, 0.717) is 10.7 Å². The van der Waals surface area contributed by atoms with Crippen molar-refractivity contribution in [1.29, 1.82) is 0 Å². The van der Waals surface area contributed by atoms with Crippen LogP contribution in [0.25, 0.3) is 0 Å². The highest BCUT2D eigenvalue weighted by atomic mass is 28.3. The van der Waals surface area contributed by atoms with Crippen molar-refractivity contribution in [1.82, 2.24) is 0 Å². The molecule has 2 unspecified atom stereocenters. The molecule has 3 heteroatoms. The quantitative estimate of drug-likeness (QED) is 0.603. The smallest absolute Gasteiger partial charge is 0.148 e. The van der Waals surface area contributed by atoms with E-state index in [1.54, 1.807) is 0 Å². The Hall–Kier alpha value is -0.643. The minimum Gasteiger partial charge on any atom is -0.634 e. The van der Waals surface area contributed by atoms with Crippen molar-refractivity contribution in [2.75, 3.05) is 6.54 Å². The van der Waals surface area contributed by atoms with Gasteiger partial charge in [-0.2, -0.15) is 0 Å². The van der Waals surface area contributed by atoms with Gasteiger partial charge in [0.25, 0.3) is 0 Å². The minimum absolute atomic E-state index is 0.351. The van der Waals surface area contributed by atoms with Gasteiger partial charge in [-0.15, -0.1) is 0 Å². The molecule has 2 nitrogen and oxygen atoms in total. The number of hydroxylamine groups is 2. The Balaban J connectivity index is 2.23. The van der Waals surface area contributed by atoms with E-state index in [0.717, 1.165) is 19.4 Å². The van der Waals surface area contributed by atoms with E-state index >= 15 is 0 Å². The molecule has 0 spiro atoms. The van der Waals surface area contributed by atoms with Gasteiger partial charge < -0.3 is 10.3 Å². The van der Waals surface area contributed by atoms with Crippen LogP contribution in [0.4, 0.5) is 0 Å². The van der Waals surface area contributed by atoms with Crippen LogP contribution in [0, 0.1) is 5.21 Å². The Morgan fingerprint density at radius 3 is 2.50 bits per heavy atom. The van der Waals surface area contributed by atoms with Crippen LogP contribution >= 0.6 is 0 Å². The van der Waals surface area contributed by atoms with Gasteiger partial charge in [0.1, 0.15) is 8.07 Å². The first kappa shape index (κ1) is 11.8. The van der Waals surface area contributed by atoms with Gasteiger partial charge >= 0.3 is 0 Å². The van der Waals surface area contributed by atoms with Crippen LogP contribution in [0.15, 0.2) is 30.3 Å². The summed E-state index contributed by atoms with van der Waals surface area (Å²) >= 11 is 0. The molecular formula is C13H21NOSi. The highest BCUT2D eigenvalue weighted by molar-refractivity contribution is 6.90. The molecule has 2 atom stereocenters. The first-order chi connectivity index (χ1) is 7.62. The number of nitrogens with one attached hydrogen (secondary N) is 1. The van der Waals surface area contributed by atoms with E-state index in [9.17, 15) is 5.21 Å². The van der Waals surface area contributed by atoms with Crippen molar-refractivity contribution >= 4 is 13.3 Å². The Kier molecular flexibility index (Phi) is 3.47. The normalized spacial score (nSPS) is 26.7. The number of piperidine rings is 1. The van der Waals surface area contributed by atoms with E-state index in [1.807, 2.05) is 0 Å². The summed E-state index contributed by atoms with van der Waals surface area (Å²) in [5, 5.41) is 14.0. The predicted octanol–water partition coefficient (Wildman–Crippen LogP) is 1.08. The molecule has 1 N–H and O–H groups in total. The number of benzene rings is 1. The maximum absolute atomic E-state index is 12.0. The third kappa shape index (κ3) is 2.21. The summed E-state index contributed by atoms with van der Waals surface area (Å²) in [5.74, 6) is 0. The molecule has 1 aromatic rings. The minimum atomic E-state index is -1.59. The molecule has 0 aromatic heterocycles. The lowest BCUT2D eigenvalue weighted by molar-refractivity contribution is -0.868. The van der Waals surface area contributed by atoms with Gasteiger partial charge in [-0.3, -0.25) is 0 Å². The standard InChI is InChI=1S/C13H21NOSi/c1-16(2,12-8-4-3-5-9-12)13-10-6-7-11-14(13)15/h3-5,8-9,13-14H,6-7,10-11H2,1-2H3. The van der Waals surface area contributed by atoms with Crippen molar-refractivity contribution in [2.24, 2.45) is 0 Å². The average molecular weight is 235 g/mol.